The number of methoxy groups -OCH3 is 5. The second-order valence-electron chi connectivity index (χ2n) is 11.9. The van der Waals surface area contributed by atoms with Crippen molar-refractivity contribution >= 4 is 29.1 Å². The van der Waals surface area contributed by atoms with Crippen molar-refractivity contribution in [2.45, 2.75) is 37.7 Å². The molecule has 13 nitrogen and oxygen atoms in total. The molecule has 0 bridgehead atoms. The Morgan fingerprint density at radius 1 is 0.920 bits per heavy atom. The minimum absolute atomic E-state index is 0.0190. The van der Waals surface area contributed by atoms with Crippen molar-refractivity contribution in [2.75, 3.05) is 42.1 Å². The van der Waals surface area contributed by atoms with E-state index >= 15 is 0 Å². The zero-order valence-electron chi connectivity index (χ0n) is 28.3. The molecule has 0 fully saturated rings. The number of phenols is 2. The van der Waals surface area contributed by atoms with Crippen molar-refractivity contribution in [2.24, 2.45) is 5.92 Å². The van der Waals surface area contributed by atoms with E-state index in [9.17, 15) is 29.7 Å². The fourth-order valence-corrected chi connectivity index (χ4v) is 6.82. The highest BCUT2D eigenvalue weighted by molar-refractivity contribution is 6.35. The van der Waals surface area contributed by atoms with Crippen LogP contribution in [-0.4, -0.2) is 80.5 Å². The highest BCUT2D eigenvalue weighted by Crippen LogP contribution is 2.56. The van der Waals surface area contributed by atoms with Gasteiger partial charge in [0.05, 0.1) is 35.5 Å². The minimum Gasteiger partial charge on any atom is -0.507 e. The summed E-state index contributed by atoms with van der Waals surface area (Å²) in [6, 6.07) is 8.90. The lowest BCUT2D eigenvalue weighted by Crippen LogP contribution is -2.53. The molecule has 3 aromatic carbocycles. The number of ether oxygens (including phenoxy) is 6. The molecule has 1 unspecified atom stereocenters. The lowest BCUT2D eigenvalue weighted by atomic mass is 9.69. The van der Waals surface area contributed by atoms with Gasteiger partial charge < -0.3 is 49.1 Å². The standard InChI is InChI=1S/C36H38ClNO12/c1-17-11-23(41)29(34(43)36(17)35(44)30-24(45-2)16-25(46-3)31(37)33(30)50-36)20(19-13-26(47-4)32(49-6)27(14-19)48-5)15-28(42)38-10-9-18-7-8-21(39)22(40)12-18/h7-8,12-14,16-17,20,39-40,43H,9-11,15H2,1-6H3,(H,38,42)/t17-,20?,36+/m1/s1. The van der Waals surface area contributed by atoms with Gasteiger partial charge in [0.2, 0.25) is 23.0 Å². The van der Waals surface area contributed by atoms with E-state index in [1.807, 2.05) is 0 Å². The number of ketones is 2. The SMILES string of the molecule is COc1cc(OC)c2c(c1Cl)O[C@]1(C2=O)C(O)=C(C(CC(=O)NCCc2ccc(O)c(O)c2)c2cc(OC)c(OC)c(OC)c2)C(=O)C[C@H]1C. The van der Waals surface area contributed by atoms with Crippen LogP contribution in [0.25, 0.3) is 0 Å². The number of carbonyl (C=O) groups is 3. The number of hydrogen-bond acceptors (Lipinski definition) is 12. The first-order valence-electron chi connectivity index (χ1n) is 15.6. The Bertz CT molecular complexity index is 1860. The van der Waals surface area contributed by atoms with Crippen molar-refractivity contribution in [3.05, 3.63) is 69.4 Å². The van der Waals surface area contributed by atoms with Gasteiger partial charge in [0.25, 0.3) is 0 Å². The number of carbonyl (C=O) groups excluding carboxylic acids is 3. The second kappa shape index (κ2) is 14.3. The molecule has 3 aromatic rings. The number of benzene rings is 3. The van der Waals surface area contributed by atoms with E-state index < -0.39 is 40.7 Å². The summed E-state index contributed by atoms with van der Waals surface area (Å²) < 4.78 is 33.7. The molecule has 0 radical (unpaired) electrons. The van der Waals surface area contributed by atoms with Crippen LogP contribution in [0.5, 0.6) is 46.0 Å². The molecule has 2 aliphatic rings. The van der Waals surface area contributed by atoms with E-state index in [-0.39, 0.29) is 81.5 Å². The Labute approximate surface area is 293 Å². The summed E-state index contributed by atoms with van der Waals surface area (Å²) in [5.41, 5.74) is -1.31. The molecule has 5 rings (SSSR count). The van der Waals surface area contributed by atoms with Crippen molar-refractivity contribution in [1.29, 1.82) is 0 Å². The molecule has 0 saturated carbocycles. The van der Waals surface area contributed by atoms with Crippen LogP contribution in [0, 0.1) is 5.92 Å². The normalized spacial score (nSPS) is 18.7. The van der Waals surface area contributed by atoms with Crippen LogP contribution in [0.4, 0.5) is 0 Å². The molecule has 1 amide bonds. The monoisotopic (exact) mass is 711 g/mol. The molecule has 1 heterocycles. The van der Waals surface area contributed by atoms with Gasteiger partial charge >= 0.3 is 0 Å². The molecule has 1 spiro atoms. The van der Waals surface area contributed by atoms with E-state index in [1.54, 1.807) is 25.1 Å². The number of Topliss-reactive ketones (excluding diaryl/α,β-unsaturated/α-hetero) is 2. The molecular formula is C36H38ClNO12. The average molecular weight is 712 g/mol. The van der Waals surface area contributed by atoms with Crippen LogP contribution in [0.2, 0.25) is 5.02 Å². The van der Waals surface area contributed by atoms with Crippen molar-refractivity contribution in [3.8, 4) is 46.0 Å². The molecule has 3 atom stereocenters. The lowest BCUT2D eigenvalue weighted by molar-refractivity contribution is -0.121. The summed E-state index contributed by atoms with van der Waals surface area (Å²) in [6.45, 7) is 1.75. The van der Waals surface area contributed by atoms with E-state index in [2.05, 4.69) is 5.32 Å². The summed E-state index contributed by atoms with van der Waals surface area (Å²) in [5.74, 6) is -3.96. The van der Waals surface area contributed by atoms with Crippen LogP contribution in [-0.2, 0) is 16.0 Å². The number of amides is 1. The van der Waals surface area contributed by atoms with Gasteiger partial charge in [0.1, 0.15) is 22.1 Å². The van der Waals surface area contributed by atoms with Crippen molar-refractivity contribution < 1.29 is 58.1 Å². The third-order valence-corrected chi connectivity index (χ3v) is 9.47. The number of aliphatic hydroxyl groups excluding tert-OH is 1. The molecule has 1 aliphatic carbocycles. The summed E-state index contributed by atoms with van der Waals surface area (Å²) in [4.78, 5) is 42.0. The Hall–Kier alpha value is -5.30. The molecule has 1 aliphatic heterocycles. The van der Waals surface area contributed by atoms with E-state index in [0.29, 0.717) is 17.5 Å². The highest BCUT2D eigenvalue weighted by atomic mass is 35.5. The fourth-order valence-electron chi connectivity index (χ4n) is 6.56. The third-order valence-electron chi connectivity index (χ3n) is 9.11. The summed E-state index contributed by atoms with van der Waals surface area (Å²) in [7, 11) is 7.00. The van der Waals surface area contributed by atoms with Gasteiger partial charge in [0, 0.05) is 42.9 Å². The number of fused-ring (bicyclic) bond motifs is 1. The number of phenolic OH excluding ortho intramolecular Hbond substituents is 2. The van der Waals surface area contributed by atoms with Gasteiger partial charge in [-0.25, -0.2) is 0 Å². The van der Waals surface area contributed by atoms with Crippen molar-refractivity contribution in [1.82, 2.24) is 5.32 Å². The second-order valence-corrected chi connectivity index (χ2v) is 12.3. The number of nitrogens with one attached hydrogen (secondary N) is 1. The molecule has 4 N–H and O–H groups in total. The first kappa shape index (κ1) is 36.0. The Balaban J connectivity index is 1.62. The van der Waals surface area contributed by atoms with Gasteiger partial charge in [0.15, 0.2) is 40.3 Å². The van der Waals surface area contributed by atoms with Gasteiger partial charge in [-0.15, -0.1) is 0 Å². The number of allylic oxidation sites excluding steroid dienone is 1. The Kier molecular flexibility index (Phi) is 10.3. The van der Waals surface area contributed by atoms with Crippen molar-refractivity contribution in [3.63, 3.8) is 0 Å². The lowest BCUT2D eigenvalue weighted by Gasteiger charge is -2.38. The molecule has 50 heavy (non-hydrogen) atoms. The first-order valence-corrected chi connectivity index (χ1v) is 16.0. The number of halogens is 1. The quantitative estimate of drug-likeness (QED) is 0.184. The van der Waals surface area contributed by atoms with Gasteiger partial charge in [-0.1, -0.05) is 24.6 Å². The van der Waals surface area contributed by atoms with Crippen LogP contribution in [0.1, 0.15) is 47.2 Å². The number of rotatable bonds is 12. The van der Waals surface area contributed by atoms with Gasteiger partial charge in [-0.3, -0.25) is 14.4 Å². The zero-order valence-corrected chi connectivity index (χ0v) is 29.1. The van der Waals surface area contributed by atoms with Crippen LogP contribution in [0.3, 0.4) is 0 Å². The van der Waals surface area contributed by atoms with Gasteiger partial charge in [-0.2, -0.15) is 0 Å². The van der Waals surface area contributed by atoms with Crippen LogP contribution >= 0.6 is 11.6 Å². The Morgan fingerprint density at radius 2 is 1.56 bits per heavy atom. The van der Waals surface area contributed by atoms with E-state index in [4.69, 9.17) is 40.0 Å². The number of hydrogen-bond donors (Lipinski definition) is 4. The van der Waals surface area contributed by atoms with E-state index in [1.165, 1.54) is 53.7 Å². The number of aromatic hydroxyl groups is 2. The molecule has 0 saturated heterocycles. The third kappa shape index (κ3) is 6.06. The molecule has 266 valence electrons. The molecule has 14 heteroatoms. The maximum Gasteiger partial charge on any atom is 0.231 e. The molecular weight excluding hydrogens is 674 g/mol. The number of aliphatic hydroxyl groups is 1. The first-order chi connectivity index (χ1) is 23.9. The maximum absolute atomic E-state index is 14.4. The van der Waals surface area contributed by atoms with Crippen LogP contribution < -0.4 is 33.7 Å². The summed E-state index contributed by atoms with van der Waals surface area (Å²) in [5, 5.41) is 34.4. The highest BCUT2D eigenvalue weighted by Gasteiger charge is 2.61. The molecule has 0 aromatic heterocycles. The topological polar surface area (TPSA) is 179 Å². The van der Waals surface area contributed by atoms with Gasteiger partial charge in [-0.05, 0) is 41.8 Å². The average Bonchev–Trinajstić information content (AvgIpc) is 3.42. The maximum atomic E-state index is 14.4. The largest absolute Gasteiger partial charge is 0.507 e. The predicted octanol–water partition coefficient (Wildman–Crippen LogP) is 5.06. The fraction of sp³-hybridized carbons (Fsp3) is 0.361. The smallest absolute Gasteiger partial charge is 0.231 e. The van der Waals surface area contributed by atoms with Crippen LogP contribution in [0.15, 0.2) is 47.7 Å². The summed E-state index contributed by atoms with van der Waals surface area (Å²) in [6.07, 6.45) is -0.258. The minimum atomic E-state index is -2.08. The van der Waals surface area contributed by atoms with E-state index in [0.717, 1.165) is 0 Å². The Morgan fingerprint density at radius 3 is 2.14 bits per heavy atom. The predicted molar refractivity (Wildman–Crippen MR) is 181 cm³/mol. The zero-order chi connectivity index (χ0) is 36.5. The summed E-state index contributed by atoms with van der Waals surface area (Å²) >= 11 is 6.60.